The van der Waals surface area contributed by atoms with Gasteiger partial charge in [0.25, 0.3) is 5.56 Å². The third-order valence-electron chi connectivity index (χ3n) is 2.20. The maximum atomic E-state index is 11.3. The molecule has 0 amide bonds. The average molecular weight is 328 g/mol. The lowest BCUT2D eigenvalue weighted by atomic mass is 10.3. The van der Waals surface area contributed by atoms with Crippen molar-refractivity contribution in [3.05, 3.63) is 32.7 Å². The molecule has 0 radical (unpaired) electrons. The molecule has 0 unspecified atom stereocenters. The molecule has 8 heteroatoms. The first kappa shape index (κ1) is 12.9. The minimum absolute atomic E-state index is 0.171. The number of anilines is 2. The van der Waals surface area contributed by atoms with Crippen LogP contribution in [0.3, 0.4) is 0 Å². The van der Waals surface area contributed by atoms with Crippen LogP contribution < -0.4 is 17.0 Å². The lowest BCUT2D eigenvalue weighted by molar-refractivity contribution is 0.938. The van der Waals surface area contributed by atoms with Gasteiger partial charge in [0, 0.05) is 6.07 Å². The van der Waals surface area contributed by atoms with Crippen LogP contribution in [0.5, 0.6) is 0 Å². The molecule has 18 heavy (non-hydrogen) atoms. The summed E-state index contributed by atoms with van der Waals surface area (Å²) in [5, 5.41) is 1.05. The molecule has 6 nitrogen and oxygen atoms in total. The van der Waals surface area contributed by atoms with Crippen LogP contribution in [0.4, 0.5) is 11.5 Å². The molecule has 0 aromatic carbocycles. The molecule has 0 atom stereocenters. The fourth-order valence-electron chi connectivity index (χ4n) is 1.23. The molecule has 94 valence electrons. The number of nitrogens with zero attached hydrogens (tertiary/aromatic N) is 2. The van der Waals surface area contributed by atoms with E-state index in [4.69, 9.17) is 11.5 Å². The quantitative estimate of drug-likeness (QED) is 0.722. The van der Waals surface area contributed by atoms with Gasteiger partial charge < -0.3 is 16.5 Å². The Balaban J connectivity index is 2.40. The van der Waals surface area contributed by atoms with Crippen LogP contribution in [0.15, 0.2) is 31.7 Å². The summed E-state index contributed by atoms with van der Waals surface area (Å²) in [6.07, 6.45) is 1.56. The summed E-state index contributed by atoms with van der Waals surface area (Å²) in [6, 6.07) is 1.22. The van der Waals surface area contributed by atoms with Gasteiger partial charge in [-0.25, -0.2) is 9.97 Å². The van der Waals surface area contributed by atoms with E-state index in [-0.39, 0.29) is 11.4 Å². The summed E-state index contributed by atoms with van der Waals surface area (Å²) in [5.41, 5.74) is 12.4. The largest absolute Gasteiger partial charge is 0.397 e. The predicted molar refractivity (Wildman–Crippen MR) is 74.5 cm³/mol. The summed E-state index contributed by atoms with van der Waals surface area (Å²) in [5.74, 6) is 0.171. The standard InChI is InChI=1S/C10H10BrN5OS/c1-4-5(12)3-14-9(8(4)11)18-10-15-6(13)2-7(17)16-10/h2-3H,12H2,1H3,(H3,13,15,16,17). The topological polar surface area (TPSA) is 111 Å². The van der Waals surface area contributed by atoms with E-state index in [1.54, 1.807) is 6.20 Å². The van der Waals surface area contributed by atoms with E-state index >= 15 is 0 Å². The molecule has 0 aliphatic heterocycles. The number of hydrogen-bond donors (Lipinski definition) is 3. The lowest BCUT2D eigenvalue weighted by Crippen LogP contribution is -2.09. The molecule has 0 saturated carbocycles. The number of pyridine rings is 1. The molecule has 0 fully saturated rings. The summed E-state index contributed by atoms with van der Waals surface area (Å²) in [4.78, 5) is 22.0. The Hall–Kier alpha value is -1.54. The molecule has 0 saturated heterocycles. The van der Waals surface area contributed by atoms with Crippen LogP contribution in [-0.2, 0) is 0 Å². The average Bonchev–Trinajstić information content (AvgIpc) is 2.29. The number of rotatable bonds is 2. The van der Waals surface area contributed by atoms with E-state index in [1.165, 1.54) is 17.8 Å². The smallest absolute Gasteiger partial charge is 0.253 e. The number of nitrogens with one attached hydrogen (secondary N) is 1. The first-order valence-electron chi connectivity index (χ1n) is 4.92. The summed E-state index contributed by atoms with van der Waals surface area (Å²) < 4.78 is 0.776. The molecule has 2 aromatic heterocycles. The highest BCUT2D eigenvalue weighted by molar-refractivity contribution is 9.10. The molecular formula is C10H10BrN5OS. The van der Waals surface area contributed by atoms with Crippen molar-refractivity contribution >= 4 is 39.2 Å². The Morgan fingerprint density at radius 2 is 2.17 bits per heavy atom. The number of halogens is 1. The van der Waals surface area contributed by atoms with Crippen molar-refractivity contribution in [1.29, 1.82) is 0 Å². The van der Waals surface area contributed by atoms with Gasteiger partial charge in [0.05, 0.1) is 16.4 Å². The van der Waals surface area contributed by atoms with Gasteiger partial charge in [-0.15, -0.1) is 0 Å². The highest BCUT2D eigenvalue weighted by atomic mass is 79.9. The summed E-state index contributed by atoms with van der Waals surface area (Å²) in [7, 11) is 0. The van der Waals surface area contributed by atoms with E-state index in [9.17, 15) is 4.79 Å². The van der Waals surface area contributed by atoms with Gasteiger partial charge in [-0.05, 0) is 40.2 Å². The minimum atomic E-state index is -0.298. The van der Waals surface area contributed by atoms with Gasteiger partial charge >= 0.3 is 0 Å². The van der Waals surface area contributed by atoms with Crippen molar-refractivity contribution in [3.63, 3.8) is 0 Å². The van der Waals surface area contributed by atoms with E-state index in [2.05, 4.69) is 30.9 Å². The van der Waals surface area contributed by atoms with Crippen molar-refractivity contribution in [2.45, 2.75) is 17.1 Å². The SMILES string of the molecule is Cc1c(N)cnc(Sc2nc(N)cc(=O)[nH]2)c1Br. The van der Waals surface area contributed by atoms with Gasteiger partial charge in [0.15, 0.2) is 5.16 Å². The molecule has 2 heterocycles. The minimum Gasteiger partial charge on any atom is -0.397 e. The van der Waals surface area contributed by atoms with Crippen LogP contribution in [0, 0.1) is 6.92 Å². The number of aromatic amines is 1. The van der Waals surface area contributed by atoms with Gasteiger partial charge in [0.1, 0.15) is 10.8 Å². The Kier molecular flexibility index (Phi) is 3.58. The van der Waals surface area contributed by atoms with Crippen molar-refractivity contribution in [3.8, 4) is 0 Å². The number of H-pyrrole nitrogens is 1. The highest BCUT2D eigenvalue weighted by Gasteiger charge is 2.10. The number of nitrogens with two attached hydrogens (primary N) is 2. The fraction of sp³-hybridized carbons (Fsp3) is 0.100. The van der Waals surface area contributed by atoms with E-state index in [0.29, 0.717) is 15.9 Å². The molecule has 0 aliphatic rings. The summed E-state index contributed by atoms with van der Waals surface area (Å²) >= 11 is 4.62. The van der Waals surface area contributed by atoms with Crippen LogP contribution in [0.2, 0.25) is 0 Å². The van der Waals surface area contributed by atoms with Gasteiger partial charge in [-0.3, -0.25) is 4.79 Å². The third-order valence-corrected chi connectivity index (χ3v) is 4.33. The second kappa shape index (κ2) is 4.99. The number of nitrogen functional groups attached to an aromatic ring is 2. The Labute approximate surface area is 115 Å². The van der Waals surface area contributed by atoms with Gasteiger partial charge in [-0.2, -0.15) is 0 Å². The zero-order valence-corrected chi connectivity index (χ0v) is 11.8. The maximum Gasteiger partial charge on any atom is 0.253 e. The van der Waals surface area contributed by atoms with Crippen LogP contribution in [0.1, 0.15) is 5.56 Å². The van der Waals surface area contributed by atoms with Crippen molar-refractivity contribution < 1.29 is 0 Å². The van der Waals surface area contributed by atoms with E-state index < -0.39 is 0 Å². The number of aromatic nitrogens is 3. The molecular weight excluding hydrogens is 318 g/mol. The van der Waals surface area contributed by atoms with Crippen LogP contribution in [-0.4, -0.2) is 15.0 Å². The molecule has 0 aliphatic carbocycles. The maximum absolute atomic E-state index is 11.3. The third kappa shape index (κ3) is 2.65. The highest BCUT2D eigenvalue weighted by Crippen LogP contribution is 2.33. The first-order valence-corrected chi connectivity index (χ1v) is 6.53. The van der Waals surface area contributed by atoms with E-state index in [1.807, 2.05) is 6.92 Å². The van der Waals surface area contributed by atoms with Crippen LogP contribution >= 0.6 is 27.7 Å². The zero-order valence-electron chi connectivity index (χ0n) is 9.40. The Morgan fingerprint density at radius 1 is 1.44 bits per heavy atom. The molecule has 5 N–H and O–H groups in total. The van der Waals surface area contributed by atoms with E-state index in [0.717, 1.165) is 10.0 Å². The second-order valence-corrected chi connectivity index (χ2v) is 5.31. The molecule has 0 bridgehead atoms. The first-order chi connectivity index (χ1) is 8.47. The van der Waals surface area contributed by atoms with Crippen LogP contribution in [0.25, 0.3) is 0 Å². The second-order valence-electron chi connectivity index (χ2n) is 3.54. The Bertz CT molecular complexity index is 657. The summed E-state index contributed by atoms with van der Waals surface area (Å²) in [6.45, 7) is 1.88. The monoisotopic (exact) mass is 327 g/mol. The Morgan fingerprint density at radius 3 is 2.83 bits per heavy atom. The van der Waals surface area contributed by atoms with Crippen molar-refractivity contribution in [2.75, 3.05) is 11.5 Å². The lowest BCUT2D eigenvalue weighted by Gasteiger charge is -2.07. The van der Waals surface area contributed by atoms with Gasteiger partial charge in [-0.1, -0.05) is 0 Å². The number of hydrogen-bond acceptors (Lipinski definition) is 6. The molecule has 0 spiro atoms. The fourth-order valence-corrected chi connectivity index (χ4v) is 2.64. The normalized spacial score (nSPS) is 10.6. The van der Waals surface area contributed by atoms with Crippen molar-refractivity contribution in [2.24, 2.45) is 0 Å². The van der Waals surface area contributed by atoms with Crippen molar-refractivity contribution in [1.82, 2.24) is 15.0 Å². The molecule has 2 aromatic rings. The zero-order chi connectivity index (χ0) is 13.3. The predicted octanol–water partition coefficient (Wildman–Crippen LogP) is 1.55. The molecule has 2 rings (SSSR count). The van der Waals surface area contributed by atoms with Gasteiger partial charge in [0.2, 0.25) is 0 Å².